The number of aryl methyl sites for hydroxylation is 2. The number of hydrogen-bond acceptors (Lipinski definition) is 3. The lowest BCUT2D eigenvalue weighted by molar-refractivity contribution is -0.122. The Labute approximate surface area is 128 Å². The lowest BCUT2D eigenvalue weighted by Gasteiger charge is -2.09. The van der Waals surface area contributed by atoms with Crippen LogP contribution in [0, 0.1) is 12.8 Å². The second-order valence-electron chi connectivity index (χ2n) is 5.48. The van der Waals surface area contributed by atoms with Gasteiger partial charge in [-0.1, -0.05) is 0 Å². The molecule has 2 aromatic rings. The molecule has 21 heavy (non-hydrogen) atoms. The summed E-state index contributed by atoms with van der Waals surface area (Å²) in [5.41, 5.74) is 2.90. The van der Waals surface area contributed by atoms with E-state index >= 15 is 0 Å². The van der Waals surface area contributed by atoms with Gasteiger partial charge in [-0.05, 0) is 31.4 Å². The summed E-state index contributed by atoms with van der Waals surface area (Å²) in [4.78, 5) is 20.8. The van der Waals surface area contributed by atoms with E-state index in [9.17, 15) is 4.79 Å². The van der Waals surface area contributed by atoms with Crippen LogP contribution in [0.5, 0.6) is 0 Å². The fourth-order valence-electron chi connectivity index (χ4n) is 2.47. The van der Waals surface area contributed by atoms with Crippen molar-refractivity contribution >= 4 is 28.7 Å². The first kappa shape index (κ1) is 14.3. The van der Waals surface area contributed by atoms with Gasteiger partial charge in [0.15, 0.2) is 5.65 Å². The maximum Gasteiger partial charge on any atom is 0.223 e. The van der Waals surface area contributed by atoms with Gasteiger partial charge >= 0.3 is 0 Å². The van der Waals surface area contributed by atoms with Crippen LogP contribution in [0.15, 0.2) is 12.3 Å². The lowest BCUT2D eigenvalue weighted by atomic mass is 10.3. The zero-order valence-electron chi connectivity index (χ0n) is 12.1. The van der Waals surface area contributed by atoms with Crippen LogP contribution < -0.4 is 5.32 Å². The first-order chi connectivity index (χ1) is 10.2. The highest BCUT2D eigenvalue weighted by molar-refractivity contribution is 6.17. The van der Waals surface area contributed by atoms with Crippen molar-refractivity contribution in [3.8, 4) is 0 Å². The van der Waals surface area contributed by atoms with Crippen molar-refractivity contribution in [2.75, 3.05) is 12.4 Å². The molecule has 1 aliphatic carbocycles. The second-order valence-corrected chi connectivity index (χ2v) is 5.86. The number of alkyl halides is 1. The van der Waals surface area contributed by atoms with Gasteiger partial charge in [0.25, 0.3) is 0 Å². The van der Waals surface area contributed by atoms with Gasteiger partial charge in [0.2, 0.25) is 5.91 Å². The minimum Gasteiger partial charge on any atom is -0.354 e. The van der Waals surface area contributed by atoms with E-state index in [1.165, 1.54) is 0 Å². The van der Waals surface area contributed by atoms with Gasteiger partial charge in [-0.2, -0.15) is 0 Å². The van der Waals surface area contributed by atoms with E-state index in [4.69, 9.17) is 11.6 Å². The molecule has 2 aromatic heterocycles. The number of fused-ring (bicyclic) bond motifs is 1. The Morgan fingerprint density at radius 2 is 2.33 bits per heavy atom. The van der Waals surface area contributed by atoms with Gasteiger partial charge in [0.1, 0.15) is 11.3 Å². The molecule has 6 heteroatoms. The third-order valence-electron chi connectivity index (χ3n) is 3.82. The number of nitrogens with one attached hydrogen (secondary N) is 1. The molecule has 0 aromatic carbocycles. The maximum atomic E-state index is 11.7. The third-order valence-corrected chi connectivity index (χ3v) is 4.00. The zero-order valence-corrected chi connectivity index (χ0v) is 12.9. The molecule has 1 fully saturated rings. The van der Waals surface area contributed by atoms with Crippen molar-refractivity contribution in [3.63, 3.8) is 0 Å². The number of halogens is 1. The van der Waals surface area contributed by atoms with E-state index in [0.717, 1.165) is 35.4 Å². The molecule has 0 atom stereocenters. The Bertz CT molecular complexity index is 663. The summed E-state index contributed by atoms with van der Waals surface area (Å²) in [6.07, 6.45) is 4.55. The van der Waals surface area contributed by atoms with Crippen molar-refractivity contribution in [3.05, 3.63) is 23.7 Å². The van der Waals surface area contributed by atoms with Gasteiger partial charge in [-0.25, -0.2) is 9.97 Å². The number of carbonyl (C=O) groups excluding carboxylic acids is 1. The minimum absolute atomic E-state index is 0.169. The molecule has 0 bridgehead atoms. The molecule has 3 rings (SSSR count). The molecule has 1 N–H and O–H groups in total. The van der Waals surface area contributed by atoms with Gasteiger partial charge in [-0.15, -0.1) is 11.6 Å². The van der Waals surface area contributed by atoms with Gasteiger partial charge in [-0.3, -0.25) is 4.79 Å². The number of imidazole rings is 1. The average Bonchev–Trinajstić information content (AvgIpc) is 3.25. The smallest absolute Gasteiger partial charge is 0.223 e. The summed E-state index contributed by atoms with van der Waals surface area (Å²) < 4.78 is 2.07. The van der Waals surface area contributed by atoms with E-state index in [-0.39, 0.29) is 11.8 Å². The highest BCUT2D eigenvalue weighted by Crippen LogP contribution is 2.28. The molecule has 112 valence electrons. The maximum absolute atomic E-state index is 11.7. The monoisotopic (exact) mass is 306 g/mol. The summed E-state index contributed by atoms with van der Waals surface area (Å²) in [6, 6.07) is 1.96. The average molecular weight is 307 g/mol. The van der Waals surface area contributed by atoms with Crippen LogP contribution in [0.2, 0.25) is 0 Å². The quantitative estimate of drug-likeness (QED) is 0.831. The summed E-state index contributed by atoms with van der Waals surface area (Å²) >= 11 is 5.87. The molecular weight excluding hydrogens is 288 g/mol. The summed E-state index contributed by atoms with van der Waals surface area (Å²) in [5.74, 6) is 1.87. The van der Waals surface area contributed by atoms with E-state index in [1.807, 2.05) is 13.0 Å². The molecule has 1 aliphatic rings. The number of amides is 1. The summed E-state index contributed by atoms with van der Waals surface area (Å²) in [6.45, 7) is 3.31. The van der Waals surface area contributed by atoms with Crippen LogP contribution >= 0.6 is 11.6 Å². The van der Waals surface area contributed by atoms with Gasteiger partial charge < -0.3 is 9.88 Å². The predicted molar refractivity (Wildman–Crippen MR) is 82.4 cm³/mol. The molecular formula is C15H19ClN4O. The third kappa shape index (κ3) is 3.02. The molecule has 5 nitrogen and oxygen atoms in total. The largest absolute Gasteiger partial charge is 0.354 e. The van der Waals surface area contributed by atoms with Crippen molar-refractivity contribution in [2.24, 2.45) is 5.92 Å². The van der Waals surface area contributed by atoms with Crippen LogP contribution in [0.3, 0.4) is 0 Å². The Morgan fingerprint density at radius 1 is 1.52 bits per heavy atom. The van der Waals surface area contributed by atoms with Gasteiger partial charge in [0.05, 0.1) is 0 Å². The van der Waals surface area contributed by atoms with Crippen molar-refractivity contribution < 1.29 is 4.79 Å². The number of aromatic nitrogens is 3. The molecule has 0 aliphatic heterocycles. The fourth-order valence-corrected chi connectivity index (χ4v) is 2.64. The van der Waals surface area contributed by atoms with Crippen LogP contribution in [-0.4, -0.2) is 32.9 Å². The molecule has 1 amide bonds. The zero-order chi connectivity index (χ0) is 14.8. The fraction of sp³-hybridized carbons (Fsp3) is 0.533. The number of pyridine rings is 1. The molecule has 2 heterocycles. The van der Waals surface area contributed by atoms with Crippen LogP contribution in [0.1, 0.15) is 24.2 Å². The molecule has 0 spiro atoms. The summed E-state index contributed by atoms with van der Waals surface area (Å²) in [7, 11) is 0. The molecule has 1 saturated carbocycles. The molecule has 0 unspecified atom stereocenters. The molecule has 0 saturated heterocycles. The first-order valence-electron chi connectivity index (χ1n) is 7.35. The lowest BCUT2D eigenvalue weighted by Crippen LogP contribution is -2.28. The van der Waals surface area contributed by atoms with Crippen LogP contribution in [-0.2, 0) is 17.8 Å². The highest BCUT2D eigenvalue weighted by Gasteiger charge is 2.29. The highest BCUT2D eigenvalue weighted by atomic mass is 35.5. The van der Waals surface area contributed by atoms with Crippen LogP contribution in [0.25, 0.3) is 11.2 Å². The van der Waals surface area contributed by atoms with E-state index in [0.29, 0.717) is 25.4 Å². The number of rotatable bonds is 6. The molecule has 0 radical (unpaired) electrons. The first-order valence-corrected chi connectivity index (χ1v) is 7.88. The minimum atomic E-state index is 0.169. The second kappa shape index (κ2) is 6.02. The van der Waals surface area contributed by atoms with E-state index in [2.05, 4.69) is 19.9 Å². The predicted octanol–water partition coefficient (Wildman–Crippen LogP) is 2.05. The Balaban J connectivity index is 1.79. The summed E-state index contributed by atoms with van der Waals surface area (Å²) in [5, 5.41) is 2.98. The Morgan fingerprint density at radius 3 is 3.05 bits per heavy atom. The van der Waals surface area contributed by atoms with Gasteiger partial charge in [0, 0.05) is 37.5 Å². The number of carbonyl (C=O) groups is 1. The normalized spacial score (nSPS) is 14.6. The topological polar surface area (TPSA) is 59.8 Å². The number of hydrogen-bond donors (Lipinski definition) is 1. The van der Waals surface area contributed by atoms with Crippen molar-refractivity contribution in [1.29, 1.82) is 0 Å². The van der Waals surface area contributed by atoms with Crippen molar-refractivity contribution in [1.82, 2.24) is 19.9 Å². The van der Waals surface area contributed by atoms with Crippen molar-refractivity contribution in [2.45, 2.75) is 32.7 Å². The number of nitrogens with zero attached hydrogens (tertiary/aromatic N) is 3. The SMILES string of the molecule is Cc1ccnc2c1nc(CCCl)n2CCNC(=O)C1CC1. The van der Waals surface area contributed by atoms with E-state index in [1.54, 1.807) is 6.20 Å². The Kier molecular flexibility index (Phi) is 4.10. The Hall–Kier alpha value is -1.62. The standard InChI is InChI=1S/C15H19ClN4O/c1-10-5-7-17-14-13(10)19-12(4-6-16)20(14)9-8-18-15(21)11-2-3-11/h5,7,11H,2-4,6,8-9H2,1H3,(H,18,21). The van der Waals surface area contributed by atoms with E-state index < -0.39 is 0 Å². The van der Waals surface area contributed by atoms with Crippen LogP contribution in [0.4, 0.5) is 0 Å².